The second-order valence-corrected chi connectivity index (χ2v) is 12.1. The van der Waals surface area contributed by atoms with Gasteiger partial charge in [0.2, 0.25) is 0 Å². The Bertz CT molecular complexity index is 954. The minimum atomic E-state index is -0.783. The zero-order valence-electron chi connectivity index (χ0n) is 19.9. The van der Waals surface area contributed by atoms with E-state index in [1.165, 1.54) is 38.5 Å². The van der Waals surface area contributed by atoms with Gasteiger partial charge in [0, 0.05) is 0 Å². The summed E-state index contributed by atoms with van der Waals surface area (Å²) < 4.78 is 0. The zero-order chi connectivity index (χ0) is 22.0. The molecule has 1 aromatic rings. The Labute approximate surface area is 188 Å². The van der Waals surface area contributed by atoms with Gasteiger partial charge in [-0.1, -0.05) is 51.0 Å². The van der Waals surface area contributed by atoms with Crippen LogP contribution in [0.1, 0.15) is 96.6 Å². The van der Waals surface area contributed by atoms with Crippen molar-refractivity contribution in [2.45, 2.75) is 91.1 Å². The fraction of sp³-hybridized carbons (Fsp3) is 0.690. The van der Waals surface area contributed by atoms with Crippen LogP contribution in [-0.2, 0) is 5.60 Å². The molecule has 6 atom stereocenters. The molecule has 4 aliphatic rings. The zero-order valence-corrected chi connectivity index (χ0v) is 19.9. The van der Waals surface area contributed by atoms with Crippen molar-refractivity contribution in [1.29, 1.82) is 5.26 Å². The van der Waals surface area contributed by atoms with Crippen molar-refractivity contribution in [3.63, 3.8) is 0 Å². The first kappa shape index (κ1) is 21.3. The average Bonchev–Trinajstić information content (AvgIpc) is 3.12. The third-order valence-corrected chi connectivity index (χ3v) is 10.5. The first-order chi connectivity index (χ1) is 14.7. The highest BCUT2D eigenvalue weighted by atomic mass is 16.3. The van der Waals surface area contributed by atoms with Crippen molar-refractivity contribution in [2.75, 3.05) is 0 Å². The normalized spacial score (nSPS) is 42.0. The van der Waals surface area contributed by atoms with Crippen LogP contribution >= 0.6 is 0 Å². The molecule has 0 radical (unpaired) electrons. The number of hydrogen-bond acceptors (Lipinski definition) is 2. The van der Waals surface area contributed by atoms with E-state index in [2.05, 4.69) is 33.8 Å². The summed E-state index contributed by atoms with van der Waals surface area (Å²) >= 11 is 0. The molecule has 4 aliphatic carbocycles. The van der Waals surface area contributed by atoms with Gasteiger partial charge in [0.15, 0.2) is 0 Å². The van der Waals surface area contributed by atoms with Crippen LogP contribution in [0.2, 0.25) is 0 Å². The monoisotopic (exact) mass is 417 g/mol. The lowest BCUT2D eigenvalue weighted by Gasteiger charge is -2.56. The van der Waals surface area contributed by atoms with Gasteiger partial charge in [-0.15, -0.1) is 0 Å². The smallest absolute Gasteiger partial charge is 0.0991 e. The molecule has 166 valence electrons. The SMILES string of the molecule is CC(C)[C@H]1CC[C@H]2C3=C(CC[C@]12C)[C@@]1(C)CC[C@](O)(c2cccc(C#N)c2)C[C@@H]1CC3. The fourth-order valence-corrected chi connectivity index (χ4v) is 8.73. The van der Waals surface area contributed by atoms with E-state index in [0.29, 0.717) is 16.9 Å². The number of allylic oxidation sites excluding steroid dienone is 2. The summed E-state index contributed by atoms with van der Waals surface area (Å²) in [6, 6.07) is 9.93. The van der Waals surface area contributed by atoms with E-state index in [9.17, 15) is 10.4 Å². The highest BCUT2D eigenvalue weighted by Crippen LogP contribution is 2.66. The molecule has 31 heavy (non-hydrogen) atoms. The van der Waals surface area contributed by atoms with Gasteiger partial charge in [-0.05, 0) is 110 Å². The number of aliphatic hydroxyl groups is 1. The Balaban J connectivity index is 1.45. The summed E-state index contributed by atoms with van der Waals surface area (Å²) in [6.07, 6.45) is 10.6. The first-order valence-corrected chi connectivity index (χ1v) is 12.7. The number of fused-ring (bicyclic) bond motifs is 4. The Morgan fingerprint density at radius 1 is 1.06 bits per heavy atom. The third kappa shape index (κ3) is 3.06. The molecular weight excluding hydrogens is 378 g/mol. The van der Waals surface area contributed by atoms with E-state index in [1.54, 1.807) is 5.57 Å². The lowest BCUT2D eigenvalue weighted by molar-refractivity contribution is -0.0679. The van der Waals surface area contributed by atoms with Crippen LogP contribution in [0.4, 0.5) is 0 Å². The Morgan fingerprint density at radius 2 is 1.87 bits per heavy atom. The van der Waals surface area contributed by atoms with Crippen molar-refractivity contribution in [3.8, 4) is 6.07 Å². The standard InChI is InChI=1S/C29H39NO/c1-19(2)24-10-11-25-23-9-8-22-17-29(31,21-7-5-6-20(16-21)18-30)15-14-27(22,3)26(23)12-13-28(24,25)4/h5-7,16,19,22,24-25,31H,8-15,17H2,1-4H3/t22-,24+,25-,27-,28+,29+/m0/s1. The molecule has 0 aromatic heterocycles. The van der Waals surface area contributed by atoms with Crippen molar-refractivity contribution in [2.24, 2.45) is 34.5 Å². The molecule has 5 rings (SSSR count). The molecule has 1 N–H and O–H groups in total. The van der Waals surface area contributed by atoms with Gasteiger partial charge in [-0.2, -0.15) is 5.26 Å². The Kier molecular flexibility index (Phi) is 4.95. The molecule has 0 spiro atoms. The second kappa shape index (κ2) is 7.21. The number of hydrogen-bond donors (Lipinski definition) is 1. The number of nitriles is 1. The molecule has 0 unspecified atom stereocenters. The topological polar surface area (TPSA) is 44.0 Å². The van der Waals surface area contributed by atoms with E-state index in [1.807, 2.05) is 29.8 Å². The summed E-state index contributed by atoms with van der Waals surface area (Å²) in [7, 11) is 0. The maximum absolute atomic E-state index is 11.7. The Hall–Kier alpha value is -1.59. The van der Waals surface area contributed by atoms with Gasteiger partial charge < -0.3 is 5.11 Å². The predicted octanol–water partition coefficient (Wildman–Crippen LogP) is 7.12. The fourth-order valence-electron chi connectivity index (χ4n) is 8.73. The minimum absolute atomic E-state index is 0.254. The van der Waals surface area contributed by atoms with Crippen LogP contribution < -0.4 is 0 Å². The van der Waals surface area contributed by atoms with Crippen LogP contribution in [0, 0.1) is 45.8 Å². The van der Waals surface area contributed by atoms with E-state index in [-0.39, 0.29) is 5.41 Å². The summed E-state index contributed by atoms with van der Waals surface area (Å²) in [5, 5.41) is 21.0. The maximum Gasteiger partial charge on any atom is 0.0991 e. The van der Waals surface area contributed by atoms with Gasteiger partial charge in [-0.25, -0.2) is 0 Å². The largest absolute Gasteiger partial charge is 0.385 e. The van der Waals surface area contributed by atoms with Crippen LogP contribution in [0.25, 0.3) is 0 Å². The highest BCUT2D eigenvalue weighted by Gasteiger charge is 2.57. The number of nitrogens with zero attached hydrogens (tertiary/aromatic N) is 1. The number of benzene rings is 1. The van der Waals surface area contributed by atoms with Crippen molar-refractivity contribution >= 4 is 0 Å². The summed E-state index contributed by atoms with van der Waals surface area (Å²) in [5.41, 5.74) is 5.21. The van der Waals surface area contributed by atoms with Gasteiger partial charge in [0.25, 0.3) is 0 Å². The quantitative estimate of drug-likeness (QED) is 0.520. The maximum atomic E-state index is 11.7. The van der Waals surface area contributed by atoms with Crippen LogP contribution in [0.15, 0.2) is 35.4 Å². The lowest BCUT2D eigenvalue weighted by atomic mass is 9.49. The first-order valence-electron chi connectivity index (χ1n) is 12.7. The molecule has 0 amide bonds. The van der Waals surface area contributed by atoms with Gasteiger partial charge >= 0.3 is 0 Å². The highest BCUT2D eigenvalue weighted by molar-refractivity contribution is 5.38. The van der Waals surface area contributed by atoms with Crippen LogP contribution in [0.3, 0.4) is 0 Å². The van der Waals surface area contributed by atoms with Crippen molar-refractivity contribution in [3.05, 3.63) is 46.5 Å². The molecule has 0 aliphatic heterocycles. The summed E-state index contributed by atoms with van der Waals surface area (Å²) in [4.78, 5) is 0. The molecule has 2 heteroatoms. The minimum Gasteiger partial charge on any atom is -0.385 e. The van der Waals surface area contributed by atoms with Gasteiger partial charge in [0.1, 0.15) is 0 Å². The molecule has 0 saturated heterocycles. The Morgan fingerprint density at radius 3 is 2.61 bits per heavy atom. The van der Waals surface area contributed by atoms with Crippen molar-refractivity contribution < 1.29 is 5.11 Å². The second-order valence-electron chi connectivity index (χ2n) is 12.1. The van der Waals surface area contributed by atoms with Gasteiger partial charge in [0.05, 0.1) is 17.2 Å². The molecule has 2 saturated carbocycles. The van der Waals surface area contributed by atoms with Crippen LogP contribution in [0.5, 0.6) is 0 Å². The number of rotatable bonds is 2. The summed E-state index contributed by atoms with van der Waals surface area (Å²) in [5.74, 6) is 3.01. The molecule has 0 bridgehead atoms. The van der Waals surface area contributed by atoms with E-state index < -0.39 is 5.60 Å². The molecule has 0 heterocycles. The molecule has 1 aromatic carbocycles. The van der Waals surface area contributed by atoms with E-state index in [0.717, 1.165) is 42.6 Å². The van der Waals surface area contributed by atoms with E-state index >= 15 is 0 Å². The molecule has 2 fully saturated rings. The average molecular weight is 418 g/mol. The predicted molar refractivity (Wildman–Crippen MR) is 125 cm³/mol. The van der Waals surface area contributed by atoms with Gasteiger partial charge in [-0.3, -0.25) is 0 Å². The molecular formula is C29H39NO. The van der Waals surface area contributed by atoms with Crippen LogP contribution in [-0.4, -0.2) is 5.11 Å². The van der Waals surface area contributed by atoms with Crippen molar-refractivity contribution in [1.82, 2.24) is 0 Å². The molecule has 2 nitrogen and oxygen atoms in total. The van der Waals surface area contributed by atoms with E-state index in [4.69, 9.17) is 0 Å². The third-order valence-electron chi connectivity index (χ3n) is 10.5. The lowest BCUT2D eigenvalue weighted by Crippen LogP contribution is -2.48. The summed E-state index contributed by atoms with van der Waals surface area (Å²) in [6.45, 7) is 10.00.